The number of fused-ring (bicyclic) bond motifs is 1. The third-order valence-corrected chi connectivity index (χ3v) is 3.79. The van der Waals surface area contributed by atoms with Crippen LogP contribution in [-0.2, 0) is 6.54 Å². The van der Waals surface area contributed by atoms with Gasteiger partial charge in [0.1, 0.15) is 23.6 Å². The highest BCUT2D eigenvalue weighted by Gasteiger charge is 2.04. The molecule has 2 aromatic carbocycles. The zero-order valence-corrected chi connectivity index (χ0v) is 13.3. The summed E-state index contributed by atoms with van der Waals surface area (Å²) in [5.74, 6) is 0.644. The van der Waals surface area contributed by atoms with Crippen LogP contribution in [0.3, 0.4) is 0 Å². The van der Waals surface area contributed by atoms with Gasteiger partial charge in [0.15, 0.2) is 0 Å². The van der Waals surface area contributed by atoms with Gasteiger partial charge in [-0.2, -0.15) is 0 Å². The van der Waals surface area contributed by atoms with Crippen LogP contribution in [0.5, 0.6) is 5.75 Å². The van der Waals surface area contributed by atoms with E-state index in [1.54, 1.807) is 16.8 Å². The van der Waals surface area contributed by atoms with Gasteiger partial charge in [-0.05, 0) is 18.2 Å². The van der Waals surface area contributed by atoms with Gasteiger partial charge in [-0.3, -0.25) is 0 Å². The highest BCUT2D eigenvalue weighted by atomic mass is 16.5. The highest BCUT2D eigenvalue weighted by Crippen LogP contribution is 2.19. The smallest absolute Gasteiger partial charge is 0.336 e. The summed E-state index contributed by atoms with van der Waals surface area (Å²) in [6.07, 6.45) is 1.89. The molecule has 4 aromatic rings. The van der Waals surface area contributed by atoms with Crippen molar-refractivity contribution in [3.05, 3.63) is 77.3 Å². The molecule has 0 fully saturated rings. The molecule has 0 aliphatic rings. The summed E-state index contributed by atoms with van der Waals surface area (Å²) in [6.45, 7) is 0.997. The predicted octanol–water partition coefficient (Wildman–Crippen LogP) is 3.13. The van der Waals surface area contributed by atoms with Crippen molar-refractivity contribution >= 4 is 11.0 Å². The Morgan fingerprint density at radius 3 is 2.76 bits per heavy atom. The zero-order chi connectivity index (χ0) is 17.1. The van der Waals surface area contributed by atoms with E-state index in [1.165, 1.54) is 6.07 Å². The van der Waals surface area contributed by atoms with Gasteiger partial charge in [0.2, 0.25) is 0 Å². The third-order valence-electron chi connectivity index (χ3n) is 3.79. The van der Waals surface area contributed by atoms with E-state index in [-0.39, 0.29) is 5.63 Å². The molecule has 6 nitrogen and oxygen atoms in total. The van der Waals surface area contributed by atoms with Crippen LogP contribution in [0.1, 0.15) is 0 Å². The number of ether oxygens (including phenoxy) is 1. The zero-order valence-electron chi connectivity index (χ0n) is 13.3. The Bertz CT molecular complexity index is 1050. The second kappa shape index (κ2) is 6.60. The Hall–Kier alpha value is -3.41. The molecule has 0 atom stereocenters. The van der Waals surface area contributed by atoms with Crippen LogP contribution < -0.4 is 10.4 Å². The molecule has 0 aliphatic heterocycles. The Balaban J connectivity index is 1.41. The fraction of sp³-hybridized carbons (Fsp3) is 0.105. The van der Waals surface area contributed by atoms with E-state index in [0.717, 1.165) is 16.6 Å². The van der Waals surface area contributed by atoms with Crippen molar-refractivity contribution in [2.75, 3.05) is 6.61 Å². The first-order valence-corrected chi connectivity index (χ1v) is 7.90. The van der Waals surface area contributed by atoms with E-state index >= 15 is 0 Å². The van der Waals surface area contributed by atoms with Gasteiger partial charge in [0.05, 0.1) is 12.7 Å². The maximum atomic E-state index is 11.3. The van der Waals surface area contributed by atoms with Crippen molar-refractivity contribution in [3.8, 4) is 17.0 Å². The highest BCUT2D eigenvalue weighted by molar-refractivity contribution is 5.77. The lowest BCUT2D eigenvalue weighted by molar-refractivity contribution is 0.289. The fourth-order valence-corrected chi connectivity index (χ4v) is 2.54. The van der Waals surface area contributed by atoms with Crippen LogP contribution in [-0.4, -0.2) is 21.6 Å². The minimum atomic E-state index is -0.374. The molecule has 0 N–H and O–H groups in total. The second-order valence-electron chi connectivity index (χ2n) is 5.54. The molecule has 0 amide bonds. The molecule has 0 unspecified atom stereocenters. The van der Waals surface area contributed by atoms with E-state index in [2.05, 4.69) is 10.3 Å². The van der Waals surface area contributed by atoms with Crippen LogP contribution in [0, 0.1) is 0 Å². The molecule has 0 bridgehead atoms. The summed E-state index contributed by atoms with van der Waals surface area (Å²) in [6, 6.07) is 18.4. The molecule has 0 spiro atoms. The van der Waals surface area contributed by atoms with Crippen LogP contribution in [0.4, 0.5) is 0 Å². The predicted molar refractivity (Wildman–Crippen MR) is 93.4 cm³/mol. The molecule has 0 radical (unpaired) electrons. The average molecular weight is 333 g/mol. The monoisotopic (exact) mass is 333 g/mol. The standard InChI is InChI=1S/C19H15N3O3/c23-19-9-7-15-6-8-16(12-18(15)25-19)24-11-10-22-13-17(20-21-22)14-4-2-1-3-5-14/h1-9,12-13H,10-11H2. The lowest BCUT2D eigenvalue weighted by Crippen LogP contribution is -2.08. The van der Waals surface area contributed by atoms with Crippen LogP contribution in [0.2, 0.25) is 0 Å². The number of hydrogen-bond acceptors (Lipinski definition) is 5. The quantitative estimate of drug-likeness (QED) is 0.525. The van der Waals surface area contributed by atoms with E-state index in [9.17, 15) is 4.79 Å². The van der Waals surface area contributed by atoms with Crippen molar-refractivity contribution in [2.24, 2.45) is 0 Å². The average Bonchev–Trinajstić information content (AvgIpc) is 3.11. The normalized spacial score (nSPS) is 10.9. The minimum absolute atomic E-state index is 0.374. The number of nitrogens with zero attached hydrogens (tertiary/aromatic N) is 3. The Morgan fingerprint density at radius 1 is 1.04 bits per heavy atom. The number of hydrogen-bond donors (Lipinski definition) is 0. The molecule has 25 heavy (non-hydrogen) atoms. The van der Waals surface area contributed by atoms with Crippen molar-refractivity contribution in [1.29, 1.82) is 0 Å². The number of benzene rings is 2. The maximum Gasteiger partial charge on any atom is 0.336 e. The van der Waals surface area contributed by atoms with Gasteiger partial charge >= 0.3 is 5.63 Å². The summed E-state index contributed by atoms with van der Waals surface area (Å²) in [4.78, 5) is 11.3. The molecule has 0 aliphatic carbocycles. The second-order valence-corrected chi connectivity index (χ2v) is 5.54. The summed E-state index contributed by atoms with van der Waals surface area (Å²) >= 11 is 0. The third kappa shape index (κ3) is 3.42. The van der Waals surface area contributed by atoms with Gasteiger partial charge in [-0.25, -0.2) is 9.48 Å². The number of rotatable bonds is 5. The first kappa shape index (κ1) is 15.1. The van der Waals surface area contributed by atoms with Gasteiger partial charge in [-0.1, -0.05) is 35.5 Å². The molecule has 2 heterocycles. The molecule has 4 rings (SSSR count). The first-order chi connectivity index (χ1) is 12.3. The summed E-state index contributed by atoms with van der Waals surface area (Å²) < 4.78 is 12.6. The summed E-state index contributed by atoms with van der Waals surface area (Å²) in [5.41, 5.74) is 1.99. The van der Waals surface area contributed by atoms with Crippen molar-refractivity contribution < 1.29 is 9.15 Å². The first-order valence-electron chi connectivity index (χ1n) is 7.90. The van der Waals surface area contributed by atoms with E-state index in [4.69, 9.17) is 9.15 Å². The van der Waals surface area contributed by atoms with Crippen molar-refractivity contribution in [2.45, 2.75) is 6.54 Å². The van der Waals surface area contributed by atoms with E-state index in [1.807, 2.05) is 48.7 Å². The van der Waals surface area contributed by atoms with Crippen molar-refractivity contribution in [3.63, 3.8) is 0 Å². The molecular weight excluding hydrogens is 318 g/mol. The van der Waals surface area contributed by atoms with Gasteiger partial charge in [-0.15, -0.1) is 5.10 Å². The summed E-state index contributed by atoms with van der Waals surface area (Å²) in [7, 11) is 0. The van der Waals surface area contributed by atoms with Gasteiger partial charge in [0, 0.05) is 23.1 Å². The van der Waals surface area contributed by atoms with Crippen molar-refractivity contribution in [1.82, 2.24) is 15.0 Å². The number of aromatic nitrogens is 3. The Kier molecular flexibility index (Phi) is 4.00. The van der Waals surface area contributed by atoms with Gasteiger partial charge in [0.25, 0.3) is 0 Å². The lowest BCUT2D eigenvalue weighted by atomic mass is 10.2. The summed E-state index contributed by atoms with van der Waals surface area (Å²) in [5, 5.41) is 9.14. The molecule has 6 heteroatoms. The van der Waals surface area contributed by atoms with Crippen LogP contribution in [0.25, 0.3) is 22.2 Å². The molecule has 2 aromatic heterocycles. The fourth-order valence-electron chi connectivity index (χ4n) is 2.54. The molecule has 0 saturated heterocycles. The molecule has 0 saturated carbocycles. The topological polar surface area (TPSA) is 70.2 Å². The lowest BCUT2D eigenvalue weighted by Gasteiger charge is -2.06. The van der Waals surface area contributed by atoms with Crippen LogP contribution in [0.15, 0.2) is 76.1 Å². The minimum Gasteiger partial charge on any atom is -0.492 e. The SMILES string of the molecule is O=c1ccc2ccc(OCCn3cc(-c4ccccc4)nn3)cc2o1. The molecular formula is C19H15N3O3. The van der Waals surface area contributed by atoms with Crippen LogP contribution >= 0.6 is 0 Å². The van der Waals surface area contributed by atoms with E-state index < -0.39 is 0 Å². The largest absolute Gasteiger partial charge is 0.492 e. The Morgan fingerprint density at radius 2 is 1.88 bits per heavy atom. The van der Waals surface area contributed by atoms with E-state index in [0.29, 0.717) is 24.5 Å². The van der Waals surface area contributed by atoms with Gasteiger partial charge < -0.3 is 9.15 Å². The Labute approximate surface area is 143 Å². The molecule has 124 valence electrons. The maximum absolute atomic E-state index is 11.3.